The number of nitrogens with zero attached hydrogens (tertiary/aromatic N) is 3. The van der Waals surface area contributed by atoms with Crippen LogP contribution in [0.1, 0.15) is 31.6 Å². The second kappa shape index (κ2) is 9.18. The maximum Gasteiger partial charge on any atom is 0.135 e. The fourth-order valence-electron chi connectivity index (χ4n) is 3.86. The average Bonchev–Trinajstić information content (AvgIpc) is 3.12. The zero-order valence-electron chi connectivity index (χ0n) is 16.3. The van der Waals surface area contributed by atoms with Crippen LogP contribution in [-0.2, 0) is 6.54 Å². The molecule has 1 aliphatic rings. The van der Waals surface area contributed by atoms with Crippen LogP contribution in [0.4, 0.5) is 0 Å². The van der Waals surface area contributed by atoms with E-state index in [0.717, 1.165) is 56.2 Å². The standard InChI is InChI=1S/C22H29N3O2/c1-17(2)14-25-11-10-24(15-19(25)9-12-26)16-20-7-8-22(27-20)21-6-4-3-5-18(21)13-23/h3-8,17,19,26H,9-12,14-16H2,1-2H3. The fraction of sp³-hybridized carbons (Fsp3) is 0.500. The molecule has 0 amide bonds. The van der Waals surface area contributed by atoms with Gasteiger partial charge in [-0.2, -0.15) is 5.26 Å². The Balaban J connectivity index is 1.66. The lowest BCUT2D eigenvalue weighted by Crippen LogP contribution is -2.53. The number of hydrogen-bond donors (Lipinski definition) is 1. The van der Waals surface area contributed by atoms with E-state index in [1.807, 2.05) is 36.4 Å². The maximum absolute atomic E-state index is 9.44. The van der Waals surface area contributed by atoms with E-state index in [1.165, 1.54) is 0 Å². The summed E-state index contributed by atoms with van der Waals surface area (Å²) in [5.41, 5.74) is 1.47. The van der Waals surface area contributed by atoms with E-state index < -0.39 is 0 Å². The van der Waals surface area contributed by atoms with Crippen LogP contribution in [0.15, 0.2) is 40.8 Å². The molecule has 0 saturated carbocycles. The zero-order chi connectivity index (χ0) is 19.2. The van der Waals surface area contributed by atoms with Crippen molar-refractivity contribution in [1.29, 1.82) is 5.26 Å². The topological polar surface area (TPSA) is 63.6 Å². The minimum Gasteiger partial charge on any atom is -0.460 e. The first-order valence-corrected chi connectivity index (χ1v) is 9.76. The van der Waals surface area contributed by atoms with Crippen molar-refractivity contribution in [2.24, 2.45) is 5.92 Å². The number of aliphatic hydroxyl groups is 1. The minimum atomic E-state index is 0.225. The molecule has 0 radical (unpaired) electrons. The van der Waals surface area contributed by atoms with Gasteiger partial charge in [0, 0.05) is 44.4 Å². The summed E-state index contributed by atoms with van der Waals surface area (Å²) in [6, 6.07) is 14.1. The summed E-state index contributed by atoms with van der Waals surface area (Å²) in [6.45, 7) is 9.51. The van der Waals surface area contributed by atoms with Gasteiger partial charge in [-0.1, -0.05) is 26.0 Å². The molecule has 1 fully saturated rings. The molecule has 144 valence electrons. The van der Waals surface area contributed by atoms with E-state index in [0.29, 0.717) is 17.5 Å². The highest BCUT2D eigenvalue weighted by atomic mass is 16.3. The Morgan fingerprint density at radius 2 is 2.04 bits per heavy atom. The normalized spacial score (nSPS) is 18.7. The summed E-state index contributed by atoms with van der Waals surface area (Å²) in [7, 11) is 0. The van der Waals surface area contributed by atoms with E-state index in [4.69, 9.17) is 4.42 Å². The van der Waals surface area contributed by atoms with Crippen LogP contribution < -0.4 is 0 Å². The van der Waals surface area contributed by atoms with Gasteiger partial charge in [0.05, 0.1) is 18.2 Å². The monoisotopic (exact) mass is 367 g/mol. The van der Waals surface area contributed by atoms with Crippen LogP contribution in [0.2, 0.25) is 0 Å². The van der Waals surface area contributed by atoms with Gasteiger partial charge in [0.1, 0.15) is 11.5 Å². The van der Waals surface area contributed by atoms with Crippen LogP contribution in [0.25, 0.3) is 11.3 Å². The first kappa shape index (κ1) is 19.6. The quantitative estimate of drug-likeness (QED) is 0.813. The van der Waals surface area contributed by atoms with Crippen molar-refractivity contribution in [1.82, 2.24) is 9.80 Å². The van der Waals surface area contributed by atoms with E-state index >= 15 is 0 Å². The van der Waals surface area contributed by atoms with Crippen molar-refractivity contribution in [2.45, 2.75) is 32.9 Å². The van der Waals surface area contributed by atoms with Crippen LogP contribution in [0, 0.1) is 17.2 Å². The molecule has 1 unspecified atom stereocenters. The summed E-state index contributed by atoms with van der Waals surface area (Å²) in [4.78, 5) is 4.91. The molecule has 5 heteroatoms. The molecule has 3 rings (SSSR count). The van der Waals surface area contributed by atoms with Gasteiger partial charge in [-0.3, -0.25) is 9.80 Å². The smallest absolute Gasteiger partial charge is 0.135 e. The molecule has 1 aliphatic heterocycles. The molecule has 27 heavy (non-hydrogen) atoms. The van der Waals surface area contributed by atoms with E-state index in [1.54, 1.807) is 0 Å². The Kier molecular flexibility index (Phi) is 6.68. The second-order valence-electron chi connectivity index (χ2n) is 7.71. The van der Waals surface area contributed by atoms with Crippen molar-refractivity contribution in [3.8, 4) is 17.4 Å². The maximum atomic E-state index is 9.44. The molecule has 1 aromatic carbocycles. The highest BCUT2D eigenvalue weighted by Crippen LogP contribution is 2.26. The molecule has 0 aliphatic carbocycles. The summed E-state index contributed by atoms with van der Waals surface area (Å²) >= 11 is 0. The zero-order valence-corrected chi connectivity index (χ0v) is 16.3. The van der Waals surface area contributed by atoms with Gasteiger partial charge in [-0.05, 0) is 36.6 Å². The van der Waals surface area contributed by atoms with E-state index in [9.17, 15) is 10.4 Å². The van der Waals surface area contributed by atoms with Crippen molar-refractivity contribution in [3.05, 3.63) is 47.7 Å². The number of aliphatic hydroxyl groups excluding tert-OH is 1. The molecule has 0 spiro atoms. The highest BCUT2D eigenvalue weighted by Gasteiger charge is 2.27. The lowest BCUT2D eigenvalue weighted by atomic mass is 10.1. The van der Waals surface area contributed by atoms with Gasteiger partial charge in [0.15, 0.2) is 0 Å². The Morgan fingerprint density at radius 3 is 2.78 bits per heavy atom. The lowest BCUT2D eigenvalue weighted by molar-refractivity contribution is 0.0448. The third kappa shape index (κ3) is 4.98. The number of hydrogen-bond acceptors (Lipinski definition) is 5. The molecule has 5 nitrogen and oxygen atoms in total. The van der Waals surface area contributed by atoms with Crippen LogP contribution >= 0.6 is 0 Å². The first-order valence-electron chi connectivity index (χ1n) is 9.76. The number of rotatable bonds is 7. The predicted molar refractivity (Wildman–Crippen MR) is 106 cm³/mol. The second-order valence-corrected chi connectivity index (χ2v) is 7.71. The fourth-order valence-corrected chi connectivity index (χ4v) is 3.86. The molecule has 1 N–H and O–H groups in total. The molecule has 1 saturated heterocycles. The van der Waals surface area contributed by atoms with Gasteiger partial charge in [-0.15, -0.1) is 0 Å². The summed E-state index contributed by atoms with van der Waals surface area (Å²) in [5.74, 6) is 2.29. The van der Waals surface area contributed by atoms with Gasteiger partial charge in [0.2, 0.25) is 0 Å². The molecule has 2 aromatic rings. The van der Waals surface area contributed by atoms with Crippen molar-refractivity contribution in [2.75, 3.05) is 32.8 Å². The van der Waals surface area contributed by atoms with Crippen molar-refractivity contribution in [3.63, 3.8) is 0 Å². The Morgan fingerprint density at radius 1 is 1.22 bits per heavy atom. The third-order valence-corrected chi connectivity index (χ3v) is 5.10. The van der Waals surface area contributed by atoms with Gasteiger partial charge < -0.3 is 9.52 Å². The largest absolute Gasteiger partial charge is 0.460 e. The Hall–Kier alpha value is -2.13. The van der Waals surface area contributed by atoms with E-state index in [2.05, 4.69) is 29.7 Å². The minimum absolute atomic E-state index is 0.225. The number of furan rings is 1. The third-order valence-electron chi connectivity index (χ3n) is 5.10. The molecule has 0 bridgehead atoms. The molecule has 1 atom stereocenters. The van der Waals surface area contributed by atoms with E-state index in [-0.39, 0.29) is 6.61 Å². The molecular formula is C22H29N3O2. The Bertz CT molecular complexity index is 778. The van der Waals surface area contributed by atoms with Crippen LogP contribution in [-0.4, -0.2) is 53.7 Å². The number of nitriles is 1. The summed E-state index contributed by atoms with van der Waals surface area (Å²) in [6.07, 6.45) is 0.808. The summed E-state index contributed by atoms with van der Waals surface area (Å²) < 4.78 is 6.05. The van der Waals surface area contributed by atoms with Gasteiger partial charge in [0.25, 0.3) is 0 Å². The van der Waals surface area contributed by atoms with Crippen LogP contribution in [0.3, 0.4) is 0 Å². The molecule has 2 heterocycles. The highest BCUT2D eigenvalue weighted by molar-refractivity contribution is 5.66. The number of piperazine rings is 1. The molecular weight excluding hydrogens is 338 g/mol. The predicted octanol–water partition coefficient (Wildman–Crippen LogP) is 3.34. The SMILES string of the molecule is CC(C)CN1CCN(Cc2ccc(-c3ccccc3C#N)o2)CC1CCO. The number of benzene rings is 1. The summed E-state index contributed by atoms with van der Waals surface area (Å²) in [5, 5.41) is 18.7. The Labute approximate surface area is 161 Å². The molecule has 1 aromatic heterocycles. The van der Waals surface area contributed by atoms with Crippen molar-refractivity contribution >= 4 is 0 Å². The van der Waals surface area contributed by atoms with Gasteiger partial charge >= 0.3 is 0 Å². The van der Waals surface area contributed by atoms with Crippen LogP contribution in [0.5, 0.6) is 0 Å². The average molecular weight is 367 g/mol. The van der Waals surface area contributed by atoms with Crippen molar-refractivity contribution < 1.29 is 9.52 Å². The lowest BCUT2D eigenvalue weighted by Gasteiger charge is -2.42. The first-order chi connectivity index (χ1) is 13.1. The van der Waals surface area contributed by atoms with Gasteiger partial charge in [-0.25, -0.2) is 0 Å².